The summed E-state index contributed by atoms with van der Waals surface area (Å²) in [6.45, 7) is 4.27. The standard InChI is InChI=1S/C16H28O2/c1-3-5-7-9-11-13-16(14-17,15-18)12-10-8-6-4-2/h6,8,17-18H,3-4,9-15H2,1-2H3. The van der Waals surface area contributed by atoms with E-state index in [1.165, 1.54) is 0 Å². The average Bonchev–Trinajstić information content (AvgIpc) is 2.41. The molecule has 0 aromatic heterocycles. The molecule has 0 radical (unpaired) electrons. The van der Waals surface area contributed by atoms with Gasteiger partial charge in [-0.15, -0.1) is 11.8 Å². The van der Waals surface area contributed by atoms with Crippen molar-refractivity contribution in [3.8, 4) is 11.8 Å². The monoisotopic (exact) mass is 252 g/mol. The van der Waals surface area contributed by atoms with Gasteiger partial charge in [0.2, 0.25) is 0 Å². The molecule has 0 atom stereocenters. The summed E-state index contributed by atoms with van der Waals surface area (Å²) >= 11 is 0. The molecule has 0 bridgehead atoms. The molecule has 0 aliphatic rings. The van der Waals surface area contributed by atoms with Crippen molar-refractivity contribution in [1.82, 2.24) is 0 Å². The quantitative estimate of drug-likeness (QED) is 0.375. The van der Waals surface area contributed by atoms with Crippen LogP contribution < -0.4 is 0 Å². The highest BCUT2D eigenvalue weighted by molar-refractivity contribution is 4.98. The van der Waals surface area contributed by atoms with Crippen LogP contribution >= 0.6 is 0 Å². The molecule has 2 N–H and O–H groups in total. The van der Waals surface area contributed by atoms with E-state index in [9.17, 15) is 10.2 Å². The minimum absolute atomic E-state index is 0.0602. The Labute approximate surface area is 112 Å². The van der Waals surface area contributed by atoms with Gasteiger partial charge in [0.1, 0.15) is 0 Å². The Balaban J connectivity index is 4.11. The molecule has 0 saturated carbocycles. The van der Waals surface area contributed by atoms with Crippen molar-refractivity contribution in [3.05, 3.63) is 12.2 Å². The average molecular weight is 252 g/mol. The van der Waals surface area contributed by atoms with Gasteiger partial charge in [-0.25, -0.2) is 0 Å². The first-order valence-corrected chi connectivity index (χ1v) is 7.07. The Morgan fingerprint density at radius 3 is 2.28 bits per heavy atom. The number of hydrogen-bond acceptors (Lipinski definition) is 2. The van der Waals surface area contributed by atoms with E-state index in [0.717, 1.165) is 44.9 Å². The molecule has 0 aromatic carbocycles. The van der Waals surface area contributed by atoms with Crippen LogP contribution in [-0.4, -0.2) is 23.4 Å². The van der Waals surface area contributed by atoms with Gasteiger partial charge < -0.3 is 10.2 Å². The number of aliphatic hydroxyl groups excluding tert-OH is 2. The van der Waals surface area contributed by atoms with Crippen molar-refractivity contribution < 1.29 is 10.2 Å². The highest BCUT2D eigenvalue weighted by atomic mass is 16.3. The van der Waals surface area contributed by atoms with Crippen molar-refractivity contribution in [1.29, 1.82) is 0 Å². The first-order chi connectivity index (χ1) is 8.74. The molecule has 0 heterocycles. The largest absolute Gasteiger partial charge is 0.396 e. The molecule has 2 heteroatoms. The molecule has 0 saturated heterocycles. The van der Waals surface area contributed by atoms with Crippen molar-refractivity contribution in [3.63, 3.8) is 0 Å². The van der Waals surface area contributed by atoms with Gasteiger partial charge >= 0.3 is 0 Å². The molecule has 0 aliphatic carbocycles. The summed E-state index contributed by atoms with van der Waals surface area (Å²) in [6.07, 6.45) is 10.6. The third-order valence-electron chi connectivity index (χ3n) is 3.23. The zero-order valence-corrected chi connectivity index (χ0v) is 11.9. The van der Waals surface area contributed by atoms with Crippen molar-refractivity contribution >= 4 is 0 Å². The lowest BCUT2D eigenvalue weighted by Gasteiger charge is -2.29. The summed E-state index contributed by atoms with van der Waals surface area (Å²) < 4.78 is 0. The Morgan fingerprint density at radius 2 is 1.72 bits per heavy atom. The summed E-state index contributed by atoms with van der Waals surface area (Å²) in [5.74, 6) is 6.15. The van der Waals surface area contributed by atoms with Gasteiger partial charge in [0.25, 0.3) is 0 Å². The van der Waals surface area contributed by atoms with Gasteiger partial charge in [0.15, 0.2) is 0 Å². The first-order valence-electron chi connectivity index (χ1n) is 7.07. The van der Waals surface area contributed by atoms with Gasteiger partial charge in [-0.3, -0.25) is 0 Å². The van der Waals surface area contributed by atoms with E-state index in [1.807, 2.05) is 6.92 Å². The SMILES string of the molecule is CCC#CCCCC(CO)(CO)CCC=CCC. The molecule has 0 fully saturated rings. The maximum Gasteiger partial charge on any atom is 0.0509 e. The smallest absolute Gasteiger partial charge is 0.0509 e. The summed E-state index contributed by atoms with van der Waals surface area (Å²) in [6, 6.07) is 0. The Morgan fingerprint density at radius 1 is 1.00 bits per heavy atom. The van der Waals surface area contributed by atoms with E-state index < -0.39 is 0 Å². The van der Waals surface area contributed by atoms with E-state index in [-0.39, 0.29) is 18.6 Å². The third kappa shape index (κ3) is 7.53. The van der Waals surface area contributed by atoms with Crippen LogP contribution in [0.1, 0.15) is 58.8 Å². The number of allylic oxidation sites excluding steroid dienone is 2. The minimum atomic E-state index is -0.327. The fraction of sp³-hybridized carbons (Fsp3) is 0.750. The highest BCUT2D eigenvalue weighted by Crippen LogP contribution is 2.29. The van der Waals surface area contributed by atoms with Crippen LogP contribution in [0.15, 0.2) is 12.2 Å². The van der Waals surface area contributed by atoms with Gasteiger partial charge in [0.05, 0.1) is 13.2 Å². The molecule has 2 nitrogen and oxygen atoms in total. The molecule has 0 aliphatic heterocycles. The highest BCUT2D eigenvalue weighted by Gasteiger charge is 2.27. The van der Waals surface area contributed by atoms with E-state index in [1.54, 1.807) is 0 Å². The molecule has 0 amide bonds. The molecular weight excluding hydrogens is 224 g/mol. The minimum Gasteiger partial charge on any atom is -0.396 e. The maximum atomic E-state index is 9.52. The molecule has 0 unspecified atom stereocenters. The fourth-order valence-electron chi connectivity index (χ4n) is 1.93. The summed E-state index contributed by atoms with van der Waals surface area (Å²) in [7, 11) is 0. The van der Waals surface area contributed by atoms with E-state index in [4.69, 9.17) is 0 Å². The number of aliphatic hydroxyl groups is 2. The zero-order chi connectivity index (χ0) is 13.7. The lowest BCUT2D eigenvalue weighted by molar-refractivity contribution is 0.0392. The normalized spacial score (nSPS) is 11.6. The summed E-state index contributed by atoms with van der Waals surface area (Å²) in [5.41, 5.74) is -0.327. The van der Waals surface area contributed by atoms with Crippen LogP contribution in [0.3, 0.4) is 0 Å². The lowest BCUT2D eigenvalue weighted by atomic mass is 9.80. The molecule has 0 rings (SSSR count). The van der Waals surface area contributed by atoms with Crippen LogP contribution in [0.2, 0.25) is 0 Å². The van der Waals surface area contributed by atoms with Crippen LogP contribution in [0, 0.1) is 17.3 Å². The Hall–Kier alpha value is -0.780. The van der Waals surface area contributed by atoms with E-state index in [2.05, 4.69) is 30.9 Å². The Kier molecular flexibility index (Phi) is 10.8. The second kappa shape index (κ2) is 11.3. The van der Waals surface area contributed by atoms with Gasteiger partial charge in [0, 0.05) is 18.3 Å². The summed E-state index contributed by atoms with van der Waals surface area (Å²) in [4.78, 5) is 0. The fourth-order valence-corrected chi connectivity index (χ4v) is 1.93. The lowest BCUT2D eigenvalue weighted by Crippen LogP contribution is -2.29. The van der Waals surface area contributed by atoms with Crippen molar-refractivity contribution in [2.45, 2.75) is 58.8 Å². The molecular formula is C16H28O2. The summed E-state index contributed by atoms with van der Waals surface area (Å²) in [5, 5.41) is 19.0. The Bertz CT molecular complexity index is 267. The predicted octanol–water partition coefficient (Wildman–Crippen LogP) is 3.29. The number of rotatable bonds is 9. The van der Waals surface area contributed by atoms with Gasteiger partial charge in [-0.05, 0) is 32.1 Å². The first kappa shape index (κ1) is 17.2. The van der Waals surface area contributed by atoms with Crippen molar-refractivity contribution in [2.75, 3.05) is 13.2 Å². The van der Waals surface area contributed by atoms with Gasteiger partial charge in [-0.1, -0.05) is 26.0 Å². The van der Waals surface area contributed by atoms with Crippen molar-refractivity contribution in [2.24, 2.45) is 5.41 Å². The van der Waals surface area contributed by atoms with E-state index in [0.29, 0.717) is 0 Å². The maximum absolute atomic E-state index is 9.52. The van der Waals surface area contributed by atoms with E-state index >= 15 is 0 Å². The second-order valence-corrected chi connectivity index (χ2v) is 4.80. The zero-order valence-electron chi connectivity index (χ0n) is 11.9. The van der Waals surface area contributed by atoms with Crippen LogP contribution in [0.25, 0.3) is 0 Å². The number of unbranched alkanes of at least 4 members (excludes halogenated alkanes) is 1. The second-order valence-electron chi connectivity index (χ2n) is 4.80. The number of hydrogen-bond donors (Lipinski definition) is 2. The van der Waals surface area contributed by atoms with Crippen LogP contribution in [0.5, 0.6) is 0 Å². The predicted molar refractivity (Wildman–Crippen MR) is 77.2 cm³/mol. The molecule has 0 spiro atoms. The van der Waals surface area contributed by atoms with Gasteiger partial charge in [-0.2, -0.15) is 0 Å². The van der Waals surface area contributed by atoms with Crippen LogP contribution in [-0.2, 0) is 0 Å². The molecule has 0 aromatic rings. The topological polar surface area (TPSA) is 40.5 Å². The third-order valence-corrected chi connectivity index (χ3v) is 3.23. The molecule has 104 valence electrons. The van der Waals surface area contributed by atoms with Crippen LogP contribution in [0.4, 0.5) is 0 Å². The molecule has 18 heavy (non-hydrogen) atoms.